The minimum Gasteiger partial charge on any atom is -0.438 e. The van der Waals surface area contributed by atoms with E-state index in [0.717, 1.165) is 21.3 Å². The largest absolute Gasteiger partial charge is 0.438 e. The lowest BCUT2D eigenvalue weighted by Gasteiger charge is -2.07. The highest BCUT2D eigenvalue weighted by atomic mass is 32.1. The number of nitriles is 1. The molecule has 5 heteroatoms. The van der Waals surface area contributed by atoms with Crippen LogP contribution in [0, 0.1) is 11.3 Å². The number of thiophene rings is 1. The molecule has 0 saturated carbocycles. The first-order chi connectivity index (χ1) is 11.8. The summed E-state index contributed by atoms with van der Waals surface area (Å²) in [5.74, 6) is 1.08. The maximum atomic E-state index is 9.03. The van der Waals surface area contributed by atoms with Crippen LogP contribution in [-0.2, 0) is 0 Å². The molecule has 114 valence electrons. The minimum atomic E-state index is 0.496. The van der Waals surface area contributed by atoms with Crippen molar-refractivity contribution in [1.82, 2.24) is 9.97 Å². The molecule has 0 spiro atoms. The molecule has 4 aromatic rings. The number of benzene rings is 2. The van der Waals surface area contributed by atoms with Crippen molar-refractivity contribution in [1.29, 1.82) is 5.26 Å². The van der Waals surface area contributed by atoms with Crippen LogP contribution in [0.3, 0.4) is 0 Å². The molecule has 0 N–H and O–H groups in total. The van der Waals surface area contributed by atoms with Gasteiger partial charge in [-0.3, -0.25) is 0 Å². The second kappa shape index (κ2) is 6.11. The summed E-state index contributed by atoms with van der Waals surface area (Å²) in [7, 11) is 0. The van der Waals surface area contributed by atoms with Gasteiger partial charge in [0.15, 0.2) is 0 Å². The molecule has 0 amide bonds. The Bertz CT molecular complexity index is 1050. The Kier molecular flexibility index (Phi) is 3.66. The fourth-order valence-electron chi connectivity index (χ4n) is 2.50. The quantitative estimate of drug-likeness (QED) is 0.529. The van der Waals surface area contributed by atoms with Crippen molar-refractivity contribution in [3.63, 3.8) is 0 Å². The van der Waals surface area contributed by atoms with E-state index in [1.54, 1.807) is 29.5 Å². The number of hydrogen-bond donors (Lipinski definition) is 0. The minimum absolute atomic E-state index is 0.496. The Balaban J connectivity index is 1.84. The molecule has 0 aliphatic rings. The molecule has 0 radical (unpaired) electrons. The Hall–Kier alpha value is -3.23. The molecule has 0 aliphatic heterocycles. The van der Waals surface area contributed by atoms with Crippen molar-refractivity contribution in [3.8, 4) is 28.8 Å². The molecular weight excluding hydrogens is 318 g/mol. The normalized spacial score (nSPS) is 10.5. The lowest BCUT2D eigenvalue weighted by Crippen LogP contribution is -1.91. The lowest BCUT2D eigenvalue weighted by atomic mass is 10.1. The summed E-state index contributed by atoms with van der Waals surface area (Å²) in [5, 5.41) is 12.0. The van der Waals surface area contributed by atoms with Gasteiger partial charge in [-0.25, -0.2) is 9.97 Å². The Morgan fingerprint density at radius 1 is 1.00 bits per heavy atom. The average molecular weight is 329 g/mol. The third-order valence-corrected chi connectivity index (χ3v) is 4.48. The van der Waals surface area contributed by atoms with Gasteiger partial charge in [0.2, 0.25) is 5.88 Å². The van der Waals surface area contributed by atoms with Gasteiger partial charge < -0.3 is 4.74 Å². The molecule has 0 unspecified atom stereocenters. The van der Waals surface area contributed by atoms with Crippen molar-refractivity contribution in [2.45, 2.75) is 0 Å². The van der Waals surface area contributed by atoms with Crippen LogP contribution in [0.15, 0.2) is 66.3 Å². The zero-order valence-electron chi connectivity index (χ0n) is 12.5. The summed E-state index contributed by atoms with van der Waals surface area (Å²) < 4.78 is 5.96. The second-order valence-corrected chi connectivity index (χ2v) is 5.97. The van der Waals surface area contributed by atoms with E-state index in [1.807, 2.05) is 24.3 Å². The van der Waals surface area contributed by atoms with Gasteiger partial charge in [0.1, 0.15) is 16.9 Å². The summed E-state index contributed by atoms with van der Waals surface area (Å²) in [4.78, 5) is 9.52. The van der Waals surface area contributed by atoms with Crippen LogP contribution in [0.25, 0.3) is 21.3 Å². The molecule has 0 fully saturated rings. The van der Waals surface area contributed by atoms with Crippen molar-refractivity contribution < 1.29 is 4.74 Å². The molecule has 0 bridgehead atoms. The topological polar surface area (TPSA) is 58.8 Å². The van der Waals surface area contributed by atoms with E-state index in [4.69, 9.17) is 10.00 Å². The summed E-state index contributed by atoms with van der Waals surface area (Å²) in [6, 6.07) is 19.2. The lowest BCUT2D eigenvalue weighted by molar-refractivity contribution is 0.468. The summed E-state index contributed by atoms with van der Waals surface area (Å²) >= 11 is 1.56. The first kappa shape index (κ1) is 14.4. The molecule has 0 aliphatic carbocycles. The molecule has 0 atom stereocenters. The van der Waals surface area contributed by atoms with Gasteiger partial charge in [-0.2, -0.15) is 5.26 Å². The third kappa shape index (κ3) is 2.60. The monoisotopic (exact) mass is 329 g/mol. The summed E-state index contributed by atoms with van der Waals surface area (Å²) in [6.45, 7) is 0. The van der Waals surface area contributed by atoms with Gasteiger partial charge >= 0.3 is 0 Å². The van der Waals surface area contributed by atoms with Crippen molar-refractivity contribution in [2.75, 3.05) is 0 Å². The van der Waals surface area contributed by atoms with E-state index in [2.05, 4.69) is 33.5 Å². The van der Waals surface area contributed by atoms with Crippen LogP contribution in [0.2, 0.25) is 0 Å². The predicted molar refractivity (Wildman–Crippen MR) is 94.1 cm³/mol. The molecule has 2 aromatic heterocycles. The second-order valence-electron chi connectivity index (χ2n) is 5.12. The first-order valence-corrected chi connectivity index (χ1v) is 8.19. The van der Waals surface area contributed by atoms with Gasteiger partial charge in [-0.1, -0.05) is 36.4 Å². The standard InChI is InChI=1S/C19H11N3OS/c20-10-13-5-4-8-15(9-13)23-18-17-16(14-6-2-1-3-7-14)11-24-19(17)22-12-21-18/h1-9,11-12H. The highest BCUT2D eigenvalue weighted by molar-refractivity contribution is 7.17. The number of fused-ring (bicyclic) bond motifs is 1. The van der Waals surface area contributed by atoms with E-state index < -0.39 is 0 Å². The molecule has 0 saturated heterocycles. The fourth-order valence-corrected chi connectivity index (χ4v) is 3.40. The van der Waals surface area contributed by atoms with Gasteiger partial charge in [-0.15, -0.1) is 11.3 Å². The Morgan fingerprint density at radius 2 is 1.88 bits per heavy atom. The van der Waals surface area contributed by atoms with E-state index in [1.165, 1.54) is 6.33 Å². The molecule has 24 heavy (non-hydrogen) atoms. The van der Waals surface area contributed by atoms with E-state index in [-0.39, 0.29) is 0 Å². The molecule has 4 nitrogen and oxygen atoms in total. The van der Waals surface area contributed by atoms with Crippen LogP contribution < -0.4 is 4.74 Å². The number of nitrogens with zero attached hydrogens (tertiary/aromatic N) is 3. The van der Waals surface area contributed by atoms with Gasteiger partial charge in [-0.05, 0) is 23.8 Å². The molecule has 2 aromatic carbocycles. The fraction of sp³-hybridized carbons (Fsp3) is 0. The van der Waals surface area contributed by atoms with Crippen LogP contribution in [0.4, 0.5) is 0 Å². The predicted octanol–water partition coefficient (Wildman–Crippen LogP) is 5.02. The van der Waals surface area contributed by atoms with Crippen LogP contribution >= 0.6 is 11.3 Å². The SMILES string of the molecule is N#Cc1cccc(Oc2ncnc3scc(-c4ccccc4)c23)c1. The van der Waals surface area contributed by atoms with Crippen LogP contribution in [-0.4, -0.2) is 9.97 Å². The maximum absolute atomic E-state index is 9.03. The van der Waals surface area contributed by atoms with Crippen molar-refractivity contribution >= 4 is 21.6 Å². The molecular formula is C19H11N3OS. The van der Waals surface area contributed by atoms with Crippen molar-refractivity contribution in [2.24, 2.45) is 0 Å². The summed E-state index contributed by atoms with van der Waals surface area (Å²) in [6.07, 6.45) is 1.50. The van der Waals surface area contributed by atoms with Crippen LogP contribution in [0.5, 0.6) is 11.6 Å². The Labute approximate surface area is 142 Å². The van der Waals surface area contributed by atoms with Crippen molar-refractivity contribution in [3.05, 3.63) is 71.9 Å². The number of rotatable bonds is 3. The first-order valence-electron chi connectivity index (χ1n) is 7.31. The zero-order chi connectivity index (χ0) is 16.4. The van der Waals surface area contributed by atoms with Gasteiger partial charge in [0, 0.05) is 10.9 Å². The smallest absolute Gasteiger partial charge is 0.231 e. The van der Waals surface area contributed by atoms with Crippen LogP contribution in [0.1, 0.15) is 5.56 Å². The number of hydrogen-bond acceptors (Lipinski definition) is 5. The van der Waals surface area contributed by atoms with Gasteiger partial charge in [0.05, 0.1) is 17.0 Å². The summed E-state index contributed by atoms with van der Waals surface area (Å²) in [5.41, 5.74) is 2.68. The zero-order valence-corrected chi connectivity index (χ0v) is 13.3. The highest BCUT2D eigenvalue weighted by Crippen LogP contribution is 2.38. The molecule has 4 rings (SSSR count). The highest BCUT2D eigenvalue weighted by Gasteiger charge is 2.14. The average Bonchev–Trinajstić information content (AvgIpc) is 3.08. The van der Waals surface area contributed by atoms with E-state index >= 15 is 0 Å². The number of aromatic nitrogens is 2. The molecule has 2 heterocycles. The van der Waals surface area contributed by atoms with E-state index in [9.17, 15) is 0 Å². The third-order valence-electron chi connectivity index (χ3n) is 3.60. The van der Waals surface area contributed by atoms with E-state index in [0.29, 0.717) is 17.2 Å². The maximum Gasteiger partial charge on any atom is 0.231 e. The van der Waals surface area contributed by atoms with Gasteiger partial charge in [0.25, 0.3) is 0 Å². The Morgan fingerprint density at radius 3 is 2.71 bits per heavy atom. The number of ether oxygens (including phenoxy) is 1.